The third kappa shape index (κ3) is 3.71. The monoisotopic (exact) mass is 321 g/mol. The van der Waals surface area contributed by atoms with Gasteiger partial charge in [0, 0.05) is 5.56 Å². The Morgan fingerprint density at radius 3 is 2.48 bits per heavy atom. The predicted molar refractivity (Wildman–Crippen MR) is 76.6 cm³/mol. The van der Waals surface area contributed by atoms with Crippen molar-refractivity contribution >= 4 is 11.6 Å². The quantitative estimate of drug-likeness (QED) is 0.904. The molecule has 0 aliphatic carbocycles. The zero-order valence-corrected chi connectivity index (χ0v) is 12.6. The second kappa shape index (κ2) is 6.55. The Balaban J connectivity index is 2.23. The Labute approximate surface area is 127 Å². The summed E-state index contributed by atoms with van der Waals surface area (Å²) in [4.78, 5) is 2.30. The Morgan fingerprint density at radius 1 is 1.33 bits per heavy atom. The molecule has 6 heteroatoms. The molecule has 0 bridgehead atoms. The minimum Gasteiger partial charge on any atom is -0.379 e. The highest BCUT2D eigenvalue weighted by molar-refractivity contribution is 6.32. The van der Waals surface area contributed by atoms with Gasteiger partial charge < -0.3 is 10.0 Å². The summed E-state index contributed by atoms with van der Waals surface area (Å²) in [6.07, 6.45) is -5.48. The molecule has 21 heavy (non-hydrogen) atoms. The lowest BCUT2D eigenvalue weighted by molar-refractivity contribution is -0.206. The third-order valence-corrected chi connectivity index (χ3v) is 4.57. The van der Waals surface area contributed by atoms with Crippen LogP contribution in [0.1, 0.15) is 42.9 Å². The Bertz CT molecular complexity index is 484. The number of halogens is 4. The van der Waals surface area contributed by atoms with E-state index in [9.17, 15) is 18.3 Å². The summed E-state index contributed by atoms with van der Waals surface area (Å²) < 4.78 is 38.0. The average Bonchev–Trinajstić information content (AvgIpc) is 2.46. The van der Waals surface area contributed by atoms with E-state index in [0.717, 1.165) is 32.5 Å². The van der Waals surface area contributed by atoms with Gasteiger partial charge in [-0.15, -0.1) is 0 Å². The van der Waals surface area contributed by atoms with Crippen LogP contribution in [0.15, 0.2) is 18.2 Å². The third-order valence-electron chi connectivity index (χ3n) is 4.14. The maximum Gasteiger partial charge on any atom is 0.418 e. The highest BCUT2D eigenvalue weighted by Crippen LogP contribution is 2.40. The molecule has 118 valence electrons. The minimum atomic E-state index is -4.70. The van der Waals surface area contributed by atoms with E-state index in [2.05, 4.69) is 11.8 Å². The van der Waals surface area contributed by atoms with Crippen molar-refractivity contribution in [2.75, 3.05) is 19.6 Å². The van der Waals surface area contributed by atoms with Crippen LogP contribution in [0.2, 0.25) is 5.02 Å². The van der Waals surface area contributed by atoms with E-state index in [0.29, 0.717) is 5.56 Å². The molecule has 1 aliphatic heterocycles. The van der Waals surface area contributed by atoms with E-state index in [1.54, 1.807) is 6.07 Å². The molecule has 0 radical (unpaired) electrons. The van der Waals surface area contributed by atoms with Crippen LogP contribution in [-0.4, -0.2) is 35.8 Å². The lowest BCUT2D eigenvalue weighted by Crippen LogP contribution is -2.32. The lowest BCUT2D eigenvalue weighted by atomic mass is 9.88. The molecular formula is C15H19ClF3NO. The number of hydrogen-bond donors (Lipinski definition) is 1. The van der Waals surface area contributed by atoms with Crippen molar-refractivity contribution in [3.05, 3.63) is 34.3 Å². The predicted octanol–water partition coefficient (Wildman–Crippen LogP) is 4.14. The van der Waals surface area contributed by atoms with Crippen LogP contribution in [0.3, 0.4) is 0 Å². The fourth-order valence-electron chi connectivity index (χ4n) is 2.83. The molecule has 0 amide bonds. The molecule has 1 atom stereocenters. The van der Waals surface area contributed by atoms with Gasteiger partial charge in [-0.1, -0.05) is 36.7 Å². The van der Waals surface area contributed by atoms with E-state index in [-0.39, 0.29) is 16.5 Å². The number of hydrogen-bond acceptors (Lipinski definition) is 2. The first kappa shape index (κ1) is 16.6. The van der Waals surface area contributed by atoms with Crippen LogP contribution in [0.25, 0.3) is 0 Å². The highest BCUT2D eigenvalue weighted by Gasteiger charge is 2.41. The Hall–Kier alpha value is -0.780. The second-order valence-corrected chi connectivity index (χ2v) is 5.78. The summed E-state index contributed by atoms with van der Waals surface area (Å²) in [7, 11) is 0. The molecule has 0 spiro atoms. The van der Waals surface area contributed by atoms with E-state index < -0.39 is 12.3 Å². The van der Waals surface area contributed by atoms with Crippen LogP contribution in [0.5, 0.6) is 0 Å². The van der Waals surface area contributed by atoms with Crippen molar-refractivity contribution in [2.45, 2.75) is 38.0 Å². The molecule has 1 aliphatic rings. The molecule has 1 fully saturated rings. The molecule has 2 rings (SSSR count). The molecule has 0 saturated carbocycles. The molecule has 1 unspecified atom stereocenters. The molecule has 1 N–H and O–H groups in total. The van der Waals surface area contributed by atoms with Gasteiger partial charge in [-0.2, -0.15) is 13.2 Å². The van der Waals surface area contributed by atoms with Crippen LogP contribution >= 0.6 is 11.6 Å². The van der Waals surface area contributed by atoms with Gasteiger partial charge in [-0.05, 0) is 44.0 Å². The molecule has 0 aromatic heterocycles. The summed E-state index contributed by atoms with van der Waals surface area (Å²) in [6, 6.07) is 4.55. The highest BCUT2D eigenvalue weighted by atomic mass is 35.5. The number of aliphatic hydroxyl groups excluding tert-OH is 1. The van der Waals surface area contributed by atoms with Crippen molar-refractivity contribution < 1.29 is 18.3 Å². The number of alkyl halides is 3. The fourth-order valence-corrected chi connectivity index (χ4v) is 3.22. The summed E-state index contributed by atoms with van der Waals surface area (Å²) in [5.41, 5.74) is 0.466. The van der Waals surface area contributed by atoms with E-state index in [1.165, 1.54) is 12.1 Å². The first-order valence-electron chi connectivity index (χ1n) is 7.10. The van der Waals surface area contributed by atoms with Crippen molar-refractivity contribution in [3.8, 4) is 0 Å². The molecule has 1 heterocycles. The van der Waals surface area contributed by atoms with E-state index in [1.807, 2.05) is 0 Å². The molecule has 2 nitrogen and oxygen atoms in total. The van der Waals surface area contributed by atoms with Gasteiger partial charge in [0.15, 0.2) is 6.10 Å². The first-order chi connectivity index (χ1) is 9.84. The van der Waals surface area contributed by atoms with Gasteiger partial charge in [-0.25, -0.2) is 0 Å². The van der Waals surface area contributed by atoms with Crippen molar-refractivity contribution in [3.63, 3.8) is 0 Å². The smallest absolute Gasteiger partial charge is 0.379 e. The molecular weight excluding hydrogens is 303 g/mol. The maximum atomic E-state index is 12.7. The lowest BCUT2D eigenvalue weighted by Gasteiger charge is -2.32. The maximum absolute atomic E-state index is 12.7. The van der Waals surface area contributed by atoms with Crippen molar-refractivity contribution in [1.29, 1.82) is 0 Å². The van der Waals surface area contributed by atoms with Crippen LogP contribution in [-0.2, 0) is 0 Å². The fraction of sp³-hybridized carbons (Fsp3) is 0.600. The number of piperidine rings is 1. The van der Waals surface area contributed by atoms with Gasteiger partial charge in [0.05, 0.1) is 5.02 Å². The summed E-state index contributed by atoms with van der Waals surface area (Å²) in [5.74, 6) is 0.153. The second-order valence-electron chi connectivity index (χ2n) is 5.40. The zero-order valence-electron chi connectivity index (χ0n) is 11.8. The number of likely N-dealkylation sites (tertiary alicyclic amines) is 1. The van der Waals surface area contributed by atoms with Gasteiger partial charge in [0.25, 0.3) is 0 Å². The molecule has 1 saturated heterocycles. The molecule has 1 aromatic carbocycles. The average molecular weight is 322 g/mol. The summed E-state index contributed by atoms with van der Waals surface area (Å²) >= 11 is 6.14. The molecule has 1 aromatic rings. The van der Waals surface area contributed by atoms with E-state index >= 15 is 0 Å². The van der Waals surface area contributed by atoms with Gasteiger partial charge >= 0.3 is 6.18 Å². The topological polar surface area (TPSA) is 23.5 Å². The van der Waals surface area contributed by atoms with Crippen LogP contribution < -0.4 is 0 Å². The van der Waals surface area contributed by atoms with Crippen LogP contribution in [0, 0.1) is 0 Å². The number of benzene rings is 1. The van der Waals surface area contributed by atoms with Gasteiger partial charge in [-0.3, -0.25) is 0 Å². The largest absolute Gasteiger partial charge is 0.418 e. The van der Waals surface area contributed by atoms with Crippen LogP contribution in [0.4, 0.5) is 13.2 Å². The van der Waals surface area contributed by atoms with Gasteiger partial charge in [0.2, 0.25) is 0 Å². The summed E-state index contributed by atoms with van der Waals surface area (Å²) in [6.45, 7) is 4.91. The van der Waals surface area contributed by atoms with Gasteiger partial charge in [0.1, 0.15) is 0 Å². The van der Waals surface area contributed by atoms with E-state index in [4.69, 9.17) is 11.6 Å². The summed E-state index contributed by atoms with van der Waals surface area (Å²) in [5, 5.41) is 9.48. The Morgan fingerprint density at radius 2 is 1.95 bits per heavy atom. The van der Waals surface area contributed by atoms with Crippen molar-refractivity contribution in [1.82, 2.24) is 4.90 Å². The zero-order chi connectivity index (χ0) is 15.6. The normalized spacial score (nSPS) is 19.7. The first-order valence-corrected chi connectivity index (χ1v) is 7.47. The standard InChI is InChI=1S/C15H19ClF3NO/c1-2-20-8-6-10(7-9-20)11-4-3-5-12(13(11)16)14(21)15(17,18)19/h3-5,10,14,21H,2,6-9H2,1H3. The number of nitrogens with zero attached hydrogens (tertiary/aromatic N) is 1. The van der Waals surface area contributed by atoms with Crippen molar-refractivity contribution in [2.24, 2.45) is 0 Å². The minimum absolute atomic E-state index is 0.0530. The SMILES string of the molecule is CCN1CCC(c2cccc(C(O)C(F)(F)F)c2Cl)CC1. The number of aliphatic hydroxyl groups is 1. The Kier molecular flexibility index (Phi) is 5.17. The number of rotatable bonds is 3.